The third-order valence-electron chi connectivity index (χ3n) is 8.29. The standard InChI is InChI=1S/C26H30N4O3S/c27-25-21-8-5-18(13-23(21)29-30-25)16-3-6-19(7-4-16)34(32,33)20-9-11-26(12-10-20)14-22(17-1-2-17)24(31)15-28-26/h3-8,13,17,20,22,28H,1-2,9-12,14-15H2,(H3,27,29,30). The van der Waals surface area contributed by atoms with Crippen LogP contribution in [0, 0.1) is 11.8 Å². The van der Waals surface area contributed by atoms with Crippen molar-refractivity contribution in [2.75, 3.05) is 12.3 Å². The number of carbonyl (C=O) groups is 1. The molecular formula is C26H30N4O3S. The van der Waals surface area contributed by atoms with Gasteiger partial charge in [-0.05, 0) is 86.3 Å². The molecule has 0 amide bonds. The number of hydrogen-bond acceptors (Lipinski definition) is 6. The molecular weight excluding hydrogens is 448 g/mol. The molecule has 1 saturated heterocycles. The molecule has 7 nitrogen and oxygen atoms in total. The van der Waals surface area contributed by atoms with E-state index in [1.165, 1.54) is 12.8 Å². The third kappa shape index (κ3) is 3.73. The highest BCUT2D eigenvalue weighted by Gasteiger charge is 2.48. The van der Waals surface area contributed by atoms with E-state index in [1.54, 1.807) is 12.1 Å². The van der Waals surface area contributed by atoms with Crippen LogP contribution >= 0.6 is 0 Å². The van der Waals surface area contributed by atoms with Crippen LogP contribution in [0.5, 0.6) is 0 Å². The summed E-state index contributed by atoms with van der Waals surface area (Å²) < 4.78 is 26.8. The number of aromatic nitrogens is 2. The fourth-order valence-electron chi connectivity index (χ4n) is 6.03. The van der Waals surface area contributed by atoms with Crippen molar-refractivity contribution in [3.63, 3.8) is 0 Å². The Hall–Kier alpha value is -2.71. The second-order valence-electron chi connectivity index (χ2n) is 10.4. The Bertz CT molecular complexity index is 1350. The smallest absolute Gasteiger partial charge is 0.181 e. The van der Waals surface area contributed by atoms with Gasteiger partial charge in [-0.2, -0.15) is 5.10 Å². The number of nitrogens with two attached hydrogens (primary N) is 1. The molecule has 1 unspecified atom stereocenters. The Labute approximate surface area is 199 Å². The number of hydrogen-bond donors (Lipinski definition) is 3. The van der Waals surface area contributed by atoms with Gasteiger partial charge in [0.25, 0.3) is 0 Å². The molecule has 2 heterocycles. The van der Waals surface area contributed by atoms with Gasteiger partial charge in [-0.25, -0.2) is 8.42 Å². The molecule has 6 rings (SSSR count). The van der Waals surface area contributed by atoms with Crippen LogP contribution in [0.1, 0.15) is 44.9 Å². The first kappa shape index (κ1) is 21.8. The molecule has 1 aliphatic heterocycles. The van der Waals surface area contributed by atoms with Gasteiger partial charge < -0.3 is 11.1 Å². The lowest BCUT2D eigenvalue weighted by Gasteiger charge is -2.45. The van der Waals surface area contributed by atoms with Gasteiger partial charge in [0.2, 0.25) is 0 Å². The summed E-state index contributed by atoms with van der Waals surface area (Å²) in [5, 5.41) is 10.9. The molecule has 2 saturated carbocycles. The number of sulfone groups is 1. The van der Waals surface area contributed by atoms with Crippen LogP contribution in [-0.2, 0) is 14.6 Å². The van der Waals surface area contributed by atoms with E-state index in [2.05, 4.69) is 15.5 Å². The number of aromatic amines is 1. The first-order valence-corrected chi connectivity index (χ1v) is 13.7. The molecule has 0 bridgehead atoms. The first-order valence-electron chi connectivity index (χ1n) is 12.2. The summed E-state index contributed by atoms with van der Waals surface area (Å²) in [6, 6.07) is 13.0. The zero-order valence-corrected chi connectivity index (χ0v) is 19.9. The van der Waals surface area contributed by atoms with E-state index in [0.717, 1.165) is 41.3 Å². The SMILES string of the molecule is Nc1n[nH]c2cc(-c3ccc(S(=O)(=O)C4CCC5(CC4)CC(C4CC4)C(=O)CN5)cc3)ccc12. The number of carbonyl (C=O) groups excluding carboxylic acids is 1. The summed E-state index contributed by atoms with van der Waals surface area (Å²) in [5.74, 6) is 1.56. The highest BCUT2D eigenvalue weighted by molar-refractivity contribution is 7.92. The molecule has 1 aromatic heterocycles. The minimum Gasteiger partial charge on any atom is -0.382 e. The summed E-state index contributed by atoms with van der Waals surface area (Å²) in [5.41, 5.74) is 8.56. The second-order valence-corrected chi connectivity index (χ2v) is 12.6. The normalized spacial score (nSPS) is 27.9. The monoisotopic (exact) mass is 478 g/mol. The fraction of sp³-hybridized carbons (Fsp3) is 0.462. The van der Waals surface area contributed by atoms with E-state index < -0.39 is 9.84 Å². The second kappa shape index (κ2) is 7.92. The summed E-state index contributed by atoms with van der Waals surface area (Å²) in [7, 11) is -3.40. The molecule has 1 spiro atoms. The maximum atomic E-state index is 13.4. The van der Waals surface area contributed by atoms with Crippen molar-refractivity contribution in [2.45, 2.75) is 60.6 Å². The Balaban J connectivity index is 1.16. The van der Waals surface area contributed by atoms with Crippen LogP contribution in [0.15, 0.2) is 47.4 Å². The van der Waals surface area contributed by atoms with Crippen molar-refractivity contribution in [3.8, 4) is 11.1 Å². The zero-order valence-electron chi connectivity index (χ0n) is 19.1. The van der Waals surface area contributed by atoms with Crippen molar-refractivity contribution in [2.24, 2.45) is 11.8 Å². The molecule has 3 aromatic rings. The number of anilines is 1. The molecule has 8 heteroatoms. The van der Waals surface area contributed by atoms with Crippen molar-refractivity contribution in [1.29, 1.82) is 0 Å². The highest BCUT2D eigenvalue weighted by Crippen LogP contribution is 2.46. The van der Waals surface area contributed by atoms with Gasteiger partial charge in [-0.1, -0.05) is 18.2 Å². The van der Waals surface area contributed by atoms with Crippen LogP contribution < -0.4 is 11.1 Å². The lowest BCUT2D eigenvalue weighted by Crippen LogP contribution is -2.57. The average Bonchev–Trinajstić information content (AvgIpc) is 3.64. The number of fused-ring (bicyclic) bond motifs is 1. The molecule has 2 aromatic carbocycles. The maximum absolute atomic E-state index is 13.4. The topological polar surface area (TPSA) is 118 Å². The van der Waals surface area contributed by atoms with E-state index in [4.69, 9.17) is 5.73 Å². The number of nitrogens with one attached hydrogen (secondary N) is 2. The van der Waals surface area contributed by atoms with E-state index in [1.807, 2.05) is 30.3 Å². The summed E-state index contributed by atoms with van der Waals surface area (Å²) >= 11 is 0. The highest BCUT2D eigenvalue weighted by atomic mass is 32.2. The average molecular weight is 479 g/mol. The van der Waals surface area contributed by atoms with Crippen LogP contribution in [0.4, 0.5) is 5.82 Å². The van der Waals surface area contributed by atoms with Crippen LogP contribution in [0.25, 0.3) is 22.0 Å². The molecule has 178 valence electrons. The minimum atomic E-state index is -3.40. The van der Waals surface area contributed by atoms with Crippen molar-refractivity contribution < 1.29 is 13.2 Å². The first-order chi connectivity index (χ1) is 16.3. The lowest BCUT2D eigenvalue weighted by molar-refractivity contribution is -0.126. The molecule has 34 heavy (non-hydrogen) atoms. The van der Waals surface area contributed by atoms with Gasteiger partial charge in [0.1, 0.15) is 5.78 Å². The number of ketones is 1. The van der Waals surface area contributed by atoms with E-state index in [-0.39, 0.29) is 16.7 Å². The van der Waals surface area contributed by atoms with E-state index in [0.29, 0.717) is 41.8 Å². The van der Waals surface area contributed by atoms with Crippen molar-refractivity contribution in [3.05, 3.63) is 42.5 Å². The zero-order chi connectivity index (χ0) is 23.5. The van der Waals surface area contributed by atoms with Gasteiger partial charge in [-0.3, -0.25) is 9.89 Å². The van der Waals surface area contributed by atoms with Gasteiger partial charge in [0.05, 0.1) is 22.2 Å². The summed E-state index contributed by atoms with van der Waals surface area (Å²) in [6.45, 7) is 0.441. The summed E-state index contributed by atoms with van der Waals surface area (Å²) in [4.78, 5) is 12.7. The van der Waals surface area contributed by atoms with Gasteiger partial charge in [0, 0.05) is 16.8 Å². The van der Waals surface area contributed by atoms with Crippen LogP contribution in [0.3, 0.4) is 0 Å². The summed E-state index contributed by atoms with van der Waals surface area (Å²) in [6.07, 6.45) is 6.13. The Morgan fingerprint density at radius 1 is 0.971 bits per heavy atom. The molecule has 1 atom stereocenters. The quantitative estimate of drug-likeness (QED) is 0.524. The van der Waals surface area contributed by atoms with E-state index in [9.17, 15) is 13.2 Å². The lowest BCUT2D eigenvalue weighted by atomic mass is 9.71. The van der Waals surface area contributed by atoms with Crippen LogP contribution in [0.2, 0.25) is 0 Å². The number of Topliss-reactive ketones (excluding diaryl/α,β-unsaturated/α-hetero) is 1. The predicted molar refractivity (Wildman–Crippen MR) is 132 cm³/mol. The predicted octanol–water partition coefficient (Wildman–Crippen LogP) is 3.86. The van der Waals surface area contributed by atoms with Gasteiger partial charge in [0.15, 0.2) is 15.7 Å². The number of nitrogens with zero attached hydrogens (tertiary/aromatic N) is 1. The molecule has 2 aliphatic carbocycles. The number of H-pyrrole nitrogens is 1. The number of benzene rings is 2. The largest absolute Gasteiger partial charge is 0.382 e. The van der Waals surface area contributed by atoms with Crippen molar-refractivity contribution >= 4 is 32.3 Å². The maximum Gasteiger partial charge on any atom is 0.181 e. The molecule has 0 radical (unpaired) electrons. The molecule has 3 aliphatic rings. The molecule has 4 N–H and O–H groups in total. The van der Waals surface area contributed by atoms with Gasteiger partial charge >= 0.3 is 0 Å². The Morgan fingerprint density at radius 3 is 2.38 bits per heavy atom. The van der Waals surface area contributed by atoms with Crippen molar-refractivity contribution in [1.82, 2.24) is 15.5 Å². The van der Waals surface area contributed by atoms with Crippen LogP contribution in [-0.4, -0.2) is 41.7 Å². The van der Waals surface area contributed by atoms with Gasteiger partial charge in [-0.15, -0.1) is 0 Å². The molecule has 3 fully saturated rings. The minimum absolute atomic E-state index is 0.0637. The Morgan fingerprint density at radius 2 is 1.68 bits per heavy atom. The number of piperidine rings is 1. The Kier molecular flexibility index (Phi) is 5.08. The number of rotatable bonds is 4. The third-order valence-corrected chi connectivity index (χ3v) is 10.6. The number of nitrogen functional groups attached to an aromatic ring is 1. The van der Waals surface area contributed by atoms with E-state index >= 15 is 0 Å². The fourth-order valence-corrected chi connectivity index (χ4v) is 7.78.